The molecule has 0 saturated heterocycles. The number of aromatic nitrogens is 6. The molecule has 0 bridgehead atoms. The molecule has 9 nitrogen and oxygen atoms in total. The van der Waals surface area contributed by atoms with E-state index in [9.17, 15) is 13.6 Å². The Bertz CT molecular complexity index is 983. The molecule has 0 aliphatic heterocycles. The van der Waals surface area contributed by atoms with Crippen molar-refractivity contribution in [3.63, 3.8) is 0 Å². The zero-order valence-electron chi connectivity index (χ0n) is 14.7. The van der Waals surface area contributed by atoms with Gasteiger partial charge in [-0.1, -0.05) is 0 Å². The molecule has 11 heteroatoms. The smallest absolute Gasteiger partial charge is 0.303 e. The van der Waals surface area contributed by atoms with Crippen LogP contribution < -0.4 is 10.6 Å². The summed E-state index contributed by atoms with van der Waals surface area (Å²) in [5.41, 5.74) is 0.927. The molecule has 3 aromatic heterocycles. The molecule has 0 aliphatic rings. The lowest BCUT2D eigenvalue weighted by molar-refractivity contribution is -0.114. The molecule has 0 radical (unpaired) electrons. The number of hydrogen-bond donors (Lipinski definition) is 2. The molecule has 3 aromatic rings. The summed E-state index contributed by atoms with van der Waals surface area (Å²) in [6.45, 7) is 3.79. The molecule has 0 unspecified atom stereocenters. The number of anilines is 3. The molecule has 27 heavy (non-hydrogen) atoms. The lowest BCUT2D eigenvalue weighted by atomic mass is 10.3. The van der Waals surface area contributed by atoms with Gasteiger partial charge in [-0.3, -0.25) is 4.79 Å². The minimum atomic E-state index is -3.18. The number of nitrogens with zero attached hydrogens (tertiary/aromatic N) is 6. The summed E-state index contributed by atoms with van der Waals surface area (Å²) in [6, 6.07) is 2.99. The van der Waals surface area contributed by atoms with Gasteiger partial charge in [0.2, 0.25) is 11.7 Å². The second kappa shape index (κ2) is 7.02. The molecule has 0 aromatic carbocycles. The second-order valence-electron chi connectivity index (χ2n) is 5.78. The third-order valence-electron chi connectivity index (χ3n) is 3.35. The molecule has 0 atom stereocenters. The van der Waals surface area contributed by atoms with E-state index in [1.807, 2.05) is 0 Å². The van der Waals surface area contributed by atoms with Gasteiger partial charge in [0, 0.05) is 26.1 Å². The van der Waals surface area contributed by atoms with E-state index in [0.717, 1.165) is 6.92 Å². The van der Waals surface area contributed by atoms with Crippen LogP contribution >= 0.6 is 0 Å². The van der Waals surface area contributed by atoms with Crippen LogP contribution in [-0.4, -0.2) is 35.6 Å². The number of amides is 1. The van der Waals surface area contributed by atoms with Crippen molar-refractivity contribution in [1.82, 2.24) is 29.7 Å². The fraction of sp³-hybridized carbons (Fsp3) is 0.250. The summed E-state index contributed by atoms with van der Waals surface area (Å²) in [4.78, 5) is 26.9. The Morgan fingerprint density at radius 1 is 1.22 bits per heavy atom. The van der Waals surface area contributed by atoms with Crippen LogP contribution in [0.1, 0.15) is 25.5 Å². The maximum absolute atomic E-state index is 13.5. The molecular weight excluding hydrogens is 358 g/mol. The number of alkyl halides is 2. The van der Waals surface area contributed by atoms with Gasteiger partial charge < -0.3 is 10.6 Å². The van der Waals surface area contributed by atoms with Gasteiger partial charge in [-0.2, -0.15) is 13.9 Å². The van der Waals surface area contributed by atoms with Gasteiger partial charge in [0.1, 0.15) is 29.5 Å². The number of aryl methyl sites for hydroxylation is 1. The van der Waals surface area contributed by atoms with Crippen molar-refractivity contribution in [3.8, 4) is 5.69 Å². The Morgan fingerprint density at radius 3 is 2.63 bits per heavy atom. The fourth-order valence-electron chi connectivity index (χ4n) is 2.22. The van der Waals surface area contributed by atoms with Crippen LogP contribution in [0.2, 0.25) is 0 Å². The van der Waals surface area contributed by atoms with Gasteiger partial charge in [-0.25, -0.2) is 24.6 Å². The van der Waals surface area contributed by atoms with Gasteiger partial charge in [-0.05, 0) is 13.0 Å². The summed E-state index contributed by atoms with van der Waals surface area (Å²) >= 11 is 0. The Hall–Kier alpha value is -3.50. The van der Waals surface area contributed by atoms with Crippen LogP contribution in [0.4, 0.5) is 26.1 Å². The van der Waals surface area contributed by atoms with E-state index in [-0.39, 0.29) is 17.5 Å². The number of hydrogen-bond acceptors (Lipinski definition) is 7. The molecular formula is C16H16F2N8O. The van der Waals surface area contributed by atoms with Gasteiger partial charge in [0.25, 0.3) is 0 Å². The van der Waals surface area contributed by atoms with Crippen molar-refractivity contribution in [2.75, 3.05) is 10.6 Å². The Balaban J connectivity index is 2.02. The van der Waals surface area contributed by atoms with E-state index in [0.29, 0.717) is 17.2 Å². The van der Waals surface area contributed by atoms with Crippen LogP contribution in [0.3, 0.4) is 0 Å². The van der Waals surface area contributed by atoms with Gasteiger partial charge in [0.15, 0.2) is 0 Å². The minimum absolute atomic E-state index is 0.152. The van der Waals surface area contributed by atoms with Crippen molar-refractivity contribution in [2.45, 2.75) is 26.7 Å². The van der Waals surface area contributed by atoms with E-state index < -0.39 is 11.7 Å². The number of nitrogens with one attached hydrogen (secondary N) is 2. The molecule has 3 heterocycles. The first kappa shape index (κ1) is 18.3. The molecule has 0 spiro atoms. The highest BCUT2D eigenvalue weighted by Gasteiger charge is 2.28. The zero-order valence-corrected chi connectivity index (χ0v) is 14.7. The summed E-state index contributed by atoms with van der Waals surface area (Å²) in [6.07, 6.45) is 4.19. The SMILES string of the molecule is CC(=O)Nc1cc(Nc2ccnc(C(C)(F)F)n2)c(-n2cnc(C)n2)cn1. The van der Waals surface area contributed by atoms with Crippen LogP contribution in [-0.2, 0) is 10.7 Å². The van der Waals surface area contributed by atoms with Crippen molar-refractivity contribution in [3.05, 3.63) is 42.5 Å². The van der Waals surface area contributed by atoms with Crippen LogP contribution in [0.15, 0.2) is 30.9 Å². The zero-order chi connectivity index (χ0) is 19.6. The summed E-state index contributed by atoms with van der Waals surface area (Å²) in [5.74, 6) is -3.11. The number of rotatable bonds is 5. The standard InChI is InChI=1S/C16H16F2N8O/c1-9-21-8-26(25-9)12-7-20-14(22-10(2)27)6-11(12)23-13-4-5-19-15(24-13)16(3,17)18/h4-8H,1-3H3,(H2,19,20,22,23,24,27). The molecule has 2 N–H and O–H groups in total. The normalized spacial score (nSPS) is 11.3. The summed E-state index contributed by atoms with van der Waals surface area (Å²) in [7, 11) is 0. The summed E-state index contributed by atoms with van der Waals surface area (Å²) < 4.78 is 28.5. The topological polar surface area (TPSA) is 111 Å². The average Bonchev–Trinajstić information content (AvgIpc) is 3.00. The molecule has 3 rings (SSSR count). The van der Waals surface area contributed by atoms with E-state index in [1.54, 1.807) is 13.0 Å². The molecule has 0 fully saturated rings. The van der Waals surface area contributed by atoms with Crippen molar-refractivity contribution in [2.24, 2.45) is 0 Å². The van der Waals surface area contributed by atoms with Crippen molar-refractivity contribution >= 4 is 23.2 Å². The maximum Gasteiger partial charge on any atom is 0.303 e. The first-order valence-corrected chi connectivity index (χ1v) is 7.87. The molecule has 1 amide bonds. The lowest BCUT2D eigenvalue weighted by Crippen LogP contribution is -2.14. The van der Waals surface area contributed by atoms with E-state index in [4.69, 9.17) is 0 Å². The lowest BCUT2D eigenvalue weighted by Gasteiger charge is -2.14. The quantitative estimate of drug-likeness (QED) is 0.706. The first-order valence-electron chi connectivity index (χ1n) is 7.87. The predicted molar refractivity (Wildman–Crippen MR) is 93.1 cm³/mol. The van der Waals surface area contributed by atoms with E-state index >= 15 is 0 Å². The van der Waals surface area contributed by atoms with Crippen LogP contribution in [0.25, 0.3) is 5.69 Å². The third kappa shape index (κ3) is 4.37. The number of pyridine rings is 1. The first-order chi connectivity index (χ1) is 12.7. The Kier molecular flexibility index (Phi) is 4.75. The maximum atomic E-state index is 13.5. The third-order valence-corrected chi connectivity index (χ3v) is 3.35. The highest BCUT2D eigenvalue weighted by Crippen LogP contribution is 2.27. The number of halogens is 2. The molecule has 140 valence electrons. The van der Waals surface area contributed by atoms with Crippen LogP contribution in [0.5, 0.6) is 0 Å². The minimum Gasteiger partial charge on any atom is -0.338 e. The highest BCUT2D eigenvalue weighted by molar-refractivity contribution is 5.88. The predicted octanol–water partition coefficient (Wildman–Crippen LogP) is 2.57. The van der Waals surface area contributed by atoms with Gasteiger partial charge >= 0.3 is 5.92 Å². The van der Waals surface area contributed by atoms with Crippen molar-refractivity contribution in [1.29, 1.82) is 0 Å². The monoisotopic (exact) mass is 374 g/mol. The number of carbonyl (C=O) groups is 1. The van der Waals surface area contributed by atoms with E-state index in [2.05, 4.69) is 35.7 Å². The highest BCUT2D eigenvalue weighted by atomic mass is 19.3. The van der Waals surface area contributed by atoms with Gasteiger partial charge in [0.05, 0.1) is 11.9 Å². The fourth-order valence-corrected chi connectivity index (χ4v) is 2.22. The molecule has 0 saturated carbocycles. The van der Waals surface area contributed by atoms with Crippen LogP contribution in [0, 0.1) is 6.92 Å². The summed E-state index contributed by atoms with van der Waals surface area (Å²) in [5, 5.41) is 9.72. The number of carbonyl (C=O) groups excluding carboxylic acids is 1. The average molecular weight is 374 g/mol. The van der Waals surface area contributed by atoms with Crippen molar-refractivity contribution < 1.29 is 13.6 Å². The second-order valence-corrected chi connectivity index (χ2v) is 5.78. The largest absolute Gasteiger partial charge is 0.338 e. The van der Waals surface area contributed by atoms with Gasteiger partial charge in [-0.15, -0.1) is 0 Å². The Morgan fingerprint density at radius 2 is 2.00 bits per heavy atom. The molecule has 0 aliphatic carbocycles. The Labute approximate surface area is 152 Å². The van der Waals surface area contributed by atoms with E-state index in [1.165, 1.54) is 36.4 Å².